The molecule has 2 heterocycles. The van der Waals surface area contributed by atoms with Crippen LogP contribution < -0.4 is 0 Å². The minimum Gasteiger partial charge on any atom is -0.508 e. The maximum Gasteiger partial charge on any atom is 0.290 e. The van der Waals surface area contributed by atoms with Gasteiger partial charge < -0.3 is 19.8 Å². The number of aryl methyl sites for hydroxylation is 2. The van der Waals surface area contributed by atoms with Crippen molar-refractivity contribution in [3.63, 3.8) is 0 Å². The Balaban J connectivity index is 2.06. The Hall–Kier alpha value is -2.71. The fourth-order valence-corrected chi connectivity index (χ4v) is 4.24. The first-order chi connectivity index (χ1) is 13.3. The predicted octanol–water partition coefficient (Wildman–Crippen LogP) is 3.08. The lowest BCUT2D eigenvalue weighted by molar-refractivity contribution is -0.129. The van der Waals surface area contributed by atoms with Gasteiger partial charge in [-0.05, 0) is 38.0 Å². The minimum atomic E-state index is -0.737. The maximum absolute atomic E-state index is 13.3. The molecule has 0 saturated heterocycles. The van der Waals surface area contributed by atoms with Gasteiger partial charge in [0.25, 0.3) is 5.91 Å². The molecule has 148 valence electrons. The van der Waals surface area contributed by atoms with E-state index in [9.17, 15) is 19.8 Å². The number of benzene rings is 1. The van der Waals surface area contributed by atoms with Crippen molar-refractivity contribution < 1.29 is 24.5 Å². The SMILES string of the molecule is COCCCN1C(=O)C(O)=C(C(=O)c2sc(C)nc2C)C1c1ccc(O)cc1. The van der Waals surface area contributed by atoms with E-state index >= 15 is 0 Å². The summed E-state index contributed by atoms with van der Waals surface area (Å²) >= 11 is 1.24. The van der Waals surface area contributed by atoms with Crippen molar-refractivity contribution in [2.75, 3.05) is 20.3 Å². The van der Waals surface area contributed by atoms with E-state index in [1.807, 2.05) is 0 Å². The summed E-state index contributed by atoms with van der Waals surface area (Å²) in [4.78, 5) is 32.2. The summed E-state index contributed by atoms with van der Waals surface area (Å²) in [5.74, 6) is -1.45. The van der Waals surface area contributed by atoms with Crippen molar-refractivity contribution in [2.24, 2.45) is 0 Å². The number of Topliss-reactive ketones (excluding diaryl/α,β-unsaturated/α-hetero) is 1. The van der Waals surface area contributed by atoms with Crippen LogP contribution in [0.3, 0.4) is 0 Å². The first-order valence-electron chi connectivity index (χ1n) is 8.85. The molecule has 1 amide bonds. The van der Waals surface area contributed by atoms with Crippen molar-refractivity contribution in [2.45, 2.75) is 26.3 Å². The normalized spacial score (nSPS) is 16.9. The monoisotopic (exact) mass is 402 g/mol. The van der Waals surface area contributed by atoms with Crippen molar-refractivity contribution in [3.05, 3.63) is 56.7 Å². The van der Waals surface area contributed by atoms with Gasteiger partial charge in [0.2, 0.25) is 5.78 Å². The van der Waals surface area contributed by atoms with Crippen LogP contribution in [-0.2, 0) is 9.53 Å². The van der Waals surface area contributed by atoms with Crippen LogP contribution in [0.15, 0.2) is 35.6 Å². The summed E-state index contributed by atoms with van der Waals surface area (Å²) in [6.07, 6.45) is 0.560. The number of hydrogen-bond acceptors (Lipinski definition) is 7. The van der Waals surface area contributed by atoms with E-state index in [1.54, 1.807) is 33.1 Å². The number of amides is 1. The zero-order valence-corrected chi connectivity index (χ0v) is 16.7. The van der Waals surface area contributed by atoms with E-state index in [1.165, 1.54) is 28.4 Å². The number of nitrogens with zero attached hydrogens (tertiary/aromatic N) is 2. The van der Waals surface area contributed by atoms with Gasteiger partial charge >= 0.3 is 0 Å². The number of phenolic OH excluding ortho intramolecular Hbond substituents is 1. The highest BCUT2D eigenvalue weighted by Crippen LogP contribution is 2.40. The zero-order chi connectivity index (χ0) is 20.4. The van der Waals surface area contributed by atoms with E-state index < -0.39 is 23.5 Å². The molecule has 1 aliphatic rings. The average Bonchev–Trinajstić information content (AvgIpc) is 3.13. The van der Waals surface area contributed by atoms with E-state index in [2.05, 4.69) is 4.98 Å². The first-order valence-corrected chi connectivity index (χ1v) is 9.67. The molecule has 1 unspecified atom stereocenters. The summed E-state index contributed by atoms with van der Waals surface area (Å²) < 4.78 is 5.06. The largest absolute Gasteiger partial charge is 0.508 e. The fourth-order valence-electron chi connectivity index (χ4n) is 3.36. The lowest BCUT2D eigenvalue weighted by Crippen LogP contribution is -2.32. The molecule has 2 N–H and O–H groups in total. The van der Waals surface area contributed by atoms with Crippen LogP contribution in [0.4, 0.5) is 0 Å². The molecule has 0 bridgehead atoms. The standard InChI is InChI=1S/C20H22N2O5S/c1-11-19(28-12(2)21-11)17(24)15-16(13-5-7-14(23)8-6-13)22(9-4-10-27-3)20(26)18(15)25/h5-8,16,23,25H,4,9-10H2,1-3H3. The summed E-state index contributed by atoms with van der Waals surface area (Å²) in [6, 6.07) is 5.54. The smallest absolute Gasteiger partial charge is 0.290 e. The minimum absolute atomic E-state index is 0.0415. The van der Waals surface area contributed by atoms with Crippen molar-refractivity contribution in [1.82, 2.24) is 9.88 Å². The van der Waals surface area contributed by atoms with Crippen LogP contribution in [0.25, 0.3) is 0 Å². The van der Waals surface area contributed by atoms with Crippen LogP contribution in [0.2, 0.25) is 0 Å². The quantitative estimate of drug-likeness (QED) is 0.545. The molecule has 1 aromatic carbocycles. The molecule has 0 radical (unpaired) electrons. The number of ether oxygens (including phenoxy) is 1. The number of aliphatic hydroxyl groups is 1. The number of carbonyl (C=O) groups is 2. The first kappa shape index (κ1) is 20.0. The Morgan fingerprint density at radius 2 is 1.93 bits per heavy atom. The van der Waals surface area contributed by atoms with Gasteiger partial charge in [-0.25, -0.2) is 4.98 Å². The van der Waals surface area contributed by atoms with Gasteiger partial charge in [0.05, 0.1) is 27.2 Å². The van der Waals surface area contributed by atoms with Crippen LogP contribution in [0.5, 0.6) is 5.75 Å². The molecule has 8 heteroatoms. The molecule has 1 atom stereocenters. The van der Waals surface area contributed by atoms with Gasteiger partial charge in [-0.15, -0.1) is 11.3 Å². The lowest BCUT2D eigenvalue weighted by atomic mass is 9.95. The number of hydrogen-bond donors (Lipinski definition) is 2. The fraction of sp³-hybridized carbons (Fsp3) is 0.350. The Bertz CT molecular complexity index is 933. The number of carbonyl (C=O) groups excluding carboxylic acids is 2. The molecule has 7 nitrogen and oxygen atoms in total. The molecule has 0 aliphatic carbocycles. The number of aliphatic hydroxyl groups excluding tert-OH is 1. The molecule has 3 rings (SSSR count). The third-order valence-corrected chi connectivity index (χ3v) is 5.69. The van der Waals surface area contributed by atoms with Gasteiger partial charge in [-0.1, -0.05) is 12.1 Å². The molecule has 0 spiro atoms. The Labute approximate surface area is 166 Å². The number of thiazole rings is 1. The van der Waals surface area contributed by atoms with Gasteiger partial charge in [-0.3, -0.25) is 9.59 Å². The Kier molecular flexibility index (Phi) is 5.81. The summed E-state index contributed by atoms with van der Waals surface area (Å²) in [5.41, 5.74) is 1.25. The van der Waals surface area contributed by atoms with Gasteiger partial charge in [0.15, 0.2) is 5.76 Å². The highest BCUT2D eigenvalue weighted by Gasteiger charge is 2.44. The van der Waals surface area contributed by atoms with E-state index in [-0.39, 0.29) is 11.3 Å². The van der Waals surface area contributed by atoms with Gasteiger partial charge in [-0.2, -0.15) is 0 Å². The second-order valence-corrected chi connectivity index (χ2v) is 7.78. The molecule has 0 fully saturated rings. The van der Waals surface area contributed by atoms with Crippen molar-refractivity contribution >= 4 is 23.0 Å². The molecule has 0 saturated carbocycles. The van der Waals surface area contributed by atoms with Crippen molar-refractivity contribution in [1.29, 1.82) is 0 Å². The molecular weight excluding hydrogens is 380 g/mol. The Morgan fingerprint density at radius 3 is 2.50 bits per heavy atom. The molecule has 1 aromatic heterocycles. The lowest BCUT2D eigenvalue weighted by Gasteiger charge is -2.26. The number of aromatic hydroxyl groups is 1. The highest BCUT2D eigenvalue weighted by atomic mass is 32.1. The third-order valence-electron chi connectivity index (χ3n) is 4.61. The number of aromatic nitrogens is 1. The molecule has 28 heavy (non-hydrogen) atoms. The molecule has 1 aliphatic heterocycles. The van der Waals surface area contributed by atoms with Gasteiger partial charge in [0, 0.05) is 20.3 Å². The second-order valence-electron chi connectivity index (χ2n) is 6.58. The summed E-state index contributed by atoms with van der Waals surface area (Å²) in [5, 5.41) is 20.9. The van der Waals surface area contributed by atoms with Crippen LogP contribution >= 0.6 is 11.3 Å². The number of methoxy groups -OCH3 is 1. The highest BCUT2D eigenvalue weighted by molar-refractivity contribution is 7.14. The summed E-state index contributed by atoms with van der Waals surface area (Å²) in [7, 11) is 1.57. The number of rotatable bonds is 7. The molecular formula is C20H22N2O5S. The second kappa shape index (κ2) is 8.12. The average molecular weight is 402 g/mol. The van der Waals surface area contributed by atoms with Crippen LogP contribution in [-0.4, -0.2) is 52.0 Å². The predicted molar refractivity (Wildman–Crippen MR) is 105 cm³/mol. The molecule has 2 aromatic rings. The van der Waals surface area contributed by atoms with Crippen LogP contribution in [0.1, 0.15) is 38.4 Å². The van der Waals surface area contributed by atoms with E-state index in [0.29, 0.717) is 35.7 Å². The van der Waals surface area contributed by atoms with Crippen molar-refractivity contribution in [3.8, 4) is 5.75 Å². The third kappa shape index (κ3) is 3.65. The maximum atomic E-state index is 13.3. The van der Waals surface area contributed by atoms with Crippen LogP contribution in [0, 0.1) is 13.8 Å². The topological polar surface area (TPSA) is 100.0 Å². The van der Waals surface area contributed by atoms with Gasteiger partial charge in [0.1, 0.15) is 5.75 Å². The number of ketones is 1. The summed E-state index contributed by atoms with van der Waals surface area (Å²) in [6.45, 7) is 4.30. The Morgan fingerprint density at radius 1 is 1.25 bits per heavy atom. The zero-order valence-electron chi connectivity index (χ0n) is 15.9. The van der Waals surface area contributed by atoms with E-state index in [4.69, 9.17) is 4.74 Å². The number of phenols is 1. The van der Waals surface area contributed by atoms with E-state index in [0.717, 1.165) is 5.01 Å².